The molecule has 2 amide bonds. The Kier molecular flexibility index (Phi) is 11.8. The Labute approximate surface area is 261 Å². The van der Waals surface area contributed by atoms with E-state index in [4.69, 9.17) is 46.4 Å². The molecule has 3 rings (SSSR count). The topological polar surface area (TPSA) is 86.8 Å². The van der Waals surface area contributed by atoms with E-state index in [-0.39, 0.29) is 45.5 Å². The number of amides is 2. The number of anilines is 1. The molecular weight excluding hydrogens is 628 g/mol. The van der Waals surface area contributed by atoms with Gasteiger partial charge in [0.15, 0.2) is 0 Å². The second-order valence-corrected chi connectivity index (χ2v) is 12.9. The number of carbonyl (C=O) groups excluding carboxylic acids is 2. The summed E-state index contributed by atoms with van der Waals surface area (Å²) in [5, 5.41) is 4.00. The fraction of sp³-hybridized carbons (Fsp3) is 0.310. The van der Waals surface area contributed by atoms with Crippen molar-refractivity contribution in [1.82, 2.24) is 10.2 Å². The second-order valence-electron chi connectivity index (χ2n) is 9.42. The normalized spacial score (nSPS) is 12.9. The van der Waals surface area contributed by atoms with Gasteiger partial charge in [0.05, 0.1) is 20.6 Å². The highest BCUT2D eigenvalue weighted by molar-refractivity contribution is 7.92. The van der Waals surface area contributed by atoms with Crippen LogP contribution in [0.1, 0.15) is 39.2 Å². The first kappa shape index (κ1) is 33.0. The van der Waals surface area contributed by atoms with Crippen LogP contribution in [-0.2, 0) is 26.2 Å². The summed E-state index contributed by atoms with van der Waals surface area (Å²) in [4.78, 5) is 28.8. The molecule has 0 aromatic heterocycles. The minimum Gasteiger partial charge on any atom is -0.352 e. The van der Waals surface area contributed by atoms with Gasteiger partial charge in [-0.3, -0.25) is 13.9 Å². The van der Waals surface area contributed by atoms with Gasteiger partial charge < -0.3 is 10.2 Å². The number of hydrogen-bond acceptors (Lipinski definition) is 4. The molecule has 0 aliphatic carbocycles. The maximum absolute atomic E-state index is 14.1. The highest BCUT2D eigenvalue weighted by Gasteiger charge is 2.34. The molecule has 0 aliphatic heterocycles. The fourth-order valence-electron chi connectivity index (χ4n) is 4.08. The summed E-state index contributed by atoms with van der Waals surface area (Å²) in [6, 6.07) is 15.8. The third kappa shape index (κ3) is 8.30. The van der Waals surface area contributed by atoms with Gasteiger partial charge in [-0.05, 0) is 67.8 Å². The van der Waals surface area contributed by atoms with Gasteiger partial charge in [-0.15, -0.1) is 0 Å². The minimum absolute atomic E-state index is 0.0206. The number of rotatable bonds is 12. The molecule has 0 heterocycles. The van der Waals surface area contributed by atoms with Gasteiger partial charge in [0.25, 0.3) is 10.0 Å². The maximum atomic E-state index is 14.1. The summed E-state index contributed by atoms with van der Waals surface area (Å²) in [5.74, 6) is -0.972. The van der Waals surface area contributed by atoms with Crippen molar-refractivity contribution >= 4 is 73.9 Å². The zero-order chi connectivity index (χ0) is 30.3. The lowest BCUT2D eigenvalue weighted by Crippen LogP contribution is -2.53. The van der Waals surface area contributed by atoms with Gasteiger partial charge in [0.2, 0.25) is 11.8 Å². The molecule has 220 valence electrons. The maximum Gasteiger partial charge on any atom is 0.264 e. The molecule has 12 heteroatoms. The summed E-state index contributed by atoms with van der Waals surface area (Å²) in [5.41, 5.74) is 0.685. The standard InChI is InChI=1S/C29H31Cl4N3O4S/c1-4-19(3)34-29(38)27(5-2)35(17-20-11-12-21(30)15-25(20)32)28(37)18-36(22-13-14-24(31)26(33)16-22)41(39,40)23-9-7-6-8-10-23/h6-16,19,27H,4-5,17-18H2,1-3H3,(H,34,38)/t19-,27+/m0/s1. The summed E-state index contributed by atoms with van der Waals surface area (Å²) in [6.45, 7) is 4.91. The van der Waals surface area contributed by atoms with Crippen molar-refractivity contribution in [3.05, 3.63) is 92.4 Å². The molecule has 0 bridgehead atoms. The number of nitrogens with one attached hydrogen (secondary N) is 1. The van der Waals surface area contributed by atoms with Crippen molar-refractivity contribution in [2.24, 2.45) is 0 Å². The Hall–Kier alpha value is -2.49. The van der Waals surface area contributed by atoms with Crippen LogP contribution in [0.25, 0.3) is 0 Å². The van der Waals surface area contributed by atoms with Crippen LogP contribution in [0.5, 0.6) is 0 Å². The minimum atomic E-state index is -4.23. The molecule has 3 aromatic carbocycles. The molecule has 0 fully saturated rings. The van der Waals surface area contributed by atoms with E-state index in [2.05, 4.69) is 5.32 Å². The first-order valence-corrected chi connectivity index (χ1v) is 15.9. The van der Waals surface area contributed by atoms with Gasteiger partial charge in [-0.1, -0.05) is 84.5 Å². The molecule has 41 heavy (non-hydrogen) atoms. The van der Waals surface area contributed by atoms with Crippen LogP contribution in [-0.4, -0.2) is 43.8 Å². The molecule has 0 aliphatic rings. The average molecular weight is 659 g/mol. The average Bonchev–Trinajstić information content (AvgIpc) is 2.94. The highest BCUT2D eigenvalue weighted by atomic mass is 35.5. The second kappa shape index (κ2) is 14.6. The summed E-state index contributed by atoms with van der Waals surface area (Å²) >= 11 is 24.9. The van der Waals surface area contributed by atoms with Gasteiger partial charge in [0.1, 0.15) is 12.6 Å². The van der Waals surface area contributed by atoms with Crippen LogP contribution in [0.15, 0.2) is 71.6 Å². The number of sulfonamides is 1. The molecule has 0 saturated heterocycles. The predicted octanol–water partition coefficient (Wildman–Crippen LogP) is 7.22. The summed E-state index contributed by atoms with van der Waals surface area (Å²) < 4.78 is 28.7. The van der Waals surface area contributed by atoms with E-state index < -0.39 is 28.5 Å². The van der Waals surface area contributed by atoms with E-state index >= 15 is 0 Å². The van der Waals surface area contributed by atoms with Crippen LogP contribution in [0, 0.1) is 0 Å². The van der Waals surface area contributed by atoms with Crippen LogP contribution >= 0.6 is 46.4 Å². The highest BCUT2D eigenvalue weighted by Crippen LogP contribution is 2.31. The van der Waals surface area contributed by atoms with E-state index in [0.29, 0.717) is 22.0 Å². The Bertz CT molecular complexity index is 1490. The lowest BCUT2D eigenvalue weighted by atomic mass is 10.1. The molecule has 0 spiro atoms. The van der Waals surface area contributed by atoms with E-state index in [1.165, 1.54) is 35.2 Å². The van der Waals surface area contributed by atoms with E-state index in [1.54, 1.807) is 43.3 Å². The predicted molar refractivity (Wildman–Crippen MR) is 166 cm³/mol. The quantitative estimate of drug-likeness (QED) is 0.223. The molecule has 1 N–H and O–H groups in total. The molecule has 0 radical (unpaired) electrons. The summed E-state index contributed by atoms with van der Waals surface area (Å²) in [6.07, 6.45) is 0.969. The van der Waals surface area contributed by atoms with Crippen molar-refractivity contribution in [2.75, 3.05) is 10.8 Å². The third-order valence-corrected chi connectivity index (χ3v) is 9.66. The summed E-state index contributed by atoms with van der Waals surface area (Å²) in [7, 11) is -4.23. The number of hydrogen-bond donors (Lipinski definition) is 1. The first-order valence-electron chi connectivity index (χ1n) is 13.0. The Morgan fingerprint density at radius 3 is 2.12 bits per heavy atom. The van der Waals surface area contributed by atoms with Crippen molar-refractivity contribution in [2.45, 2.75) is 57.1 Å². The lowest BCUT2D eigenvalue weighted by Gasteiger charge is -2.34. The van der Waals surface area contributed by atoms with E-state index in [1.807, 2.05) is 13.8 Å². The van der Waals surface area contributed by atoms with Crippen LogP contribution in [0.3, 0.4) is 0 Å². The van der Waals surface area contributed by atoms with Crippen LogP contribution < -0.4 is 9.62 Å². The largest absolute Gasteiger partial charge is 0.352 e. The van der Waals surface area contributed by atoms with E-state index in [9.17, 15) is 18.0 Å². The van der Waals surface area contributed by atoms with Gasteiger partial charge in [-0.2, -0.15) is 0 Å². The SMILES string of the molecule is CC[C@H](C(=O)N[C@@H](C)CC)N(Cc1ccc(Cl)cc1Cl)C(=O)CN(c1ccc(Cl)c(Cl)c1)S(=O)(=O)c1ccccc1. The monoisotopic (exact) mass is 657 g/mol. The molecule has 0 saturated carbocycles. The smallest absolute Gasteiger partial charge is 0.264 e. The number of nitrogens with zero attached hydrogens (tertiary/aromatic N) is 2. The van der Waals surface area contributed by atoms with Crippen molar-refractivity contribution in [3.63, 3.8) is 0 Å². The van der Waals surface area contributed by atoms with Crippen molar-refractivity contribution < 1.29 is 18.0 Å². The van der Waals surface area contributed by atoms with Gasteiger partial charge in [0, 0.05) is 22.6 Å². The molecule has 3 aromatic rings. The third-order valence-electron chi connectivity index (χ3n) is 6.54. The Balaban J connectivity index is 2.10. The zero-order valence-electron chi connectivity index (χ0n) is 22.8. The lowest BCUT2D eigenvalue weighted by molar-refractivity contribution is -0.140. The molecular formula is C29H31Cl4N3O4S. The van der Waals surface area contributed by atoms with E-state index in [0.717, 1.165) is 4.31 Å². The zero-order valence-corrected chi connectivity index (χ0v) is 26.6. The Morgan fingerprint density at radius 2 is 1.54 bits per heavy atom. The Morgan fingerprint density at radius 1 is 0.854 bits per heavy atom. The van der Waals surface area contributed by atoms with Crippen LogP contribution in [0.2, 0.25) is 20.1 Å². The van der Waals surface area contributed by atoms with Gasteiger partial charge >= 0.3 is 0 Å². The molecule has 0 unspecified atom stereocenters. The molecule has 2 atom stereocenters. The van der Waals surface area contributed by atoms with Gasteiger partial charge in [-0.25, -0.2) is 8.42 Å². The number of benzene rings is 3. The number of carbonyl (C=O) groups is 2. The first-order chi connectivity index (χ1) is 19.4. The number of halogens is 4. The molecule has 7 nitrogen and oxygen atoms in total. The fourth-order valence-corrected chi connectivity index (χ4v) is 6.27. The van der Waals surface area contributed by atoms with Crippen LogP contribution in [0.4, 0.5) is 5.69 Å². The van der Waals surface area contributed by atoms with Crippen molar-refractivity contribution in [1.29, 1.82) is 0 Å². The van der Waals surface area contributed by atoms with Crippen molar-refractivity contribution in [3.8, 4) is 0 Å².